The van der Waals surface area contributed by atoms with E-state index in [0.29, 0.717) is 18.0 Å². The fourth-order valence-corrected chi connectivity index (χ4v) is 6.52. The summed E-state index contributed by atoms with van der Waals surface area (Å²) < 4.78 is 2.16. The van der Waals surface area contributed by atoms with E-state index < -0.39 is 0 Å². The average Bonchev–Trinajstić information content (AvgIpc) is 3.49. The Balaban J connectivity index is 1.31. The predicted octanol–water partition coefficient (Wildman–Crippen LogP) is 7.88. The largest absolute Gasteiger partial charge is 0.307 e. The molecule has 2 fully saturated rings. The van der Waals surface area contributed by atoms with Crippen molar-refractivity contribution in [2.75, 3.05) is 0 Å². The first-order valence-corrected chi connectivity index (χ1v) is 13.9. The van der Waals surface area contributed by atoms with Crippen LogP contribution in [-0.2, 0) is 7.05 Å². The molecule has 0 spiro atoms. The number of halogens is 1. The van der Waals surface area contributed by atoms with Gasteiger partial charge in [-0.1, -0.05) is 61.0 Å². The number of rotatable bonds is 6. The van der Waals surface area contributed by atoms with Gasteiger partial charge in [0.15, 0.2) is 0 Å². The maximum atomic E-state index is 6.24. The molecule has 0 bridgehead atoms. The van der Waals surface area contributed by atoms with Crippen molar-refractivity contribution < 1.29 is 0 Å². The second-order valence-corrected chi connectivity index (χ2v) is 11.6. The van der Waals surface area contributed by atoms with Gasteiger partial charge in [-0.2, -0.15) is 5.10 Å². The highest BCUT2D eigenvalue weighted by Gasteiger charge is 2.50. The lowest BCUT2D eigenvalue weighted by Crippen LogP contribution is -2.35. The normalized spacial score (nSPS) is 25.6. The maximum absolute atomic E-state index is 6.24. The third-order valence-corrected chi connectivity index (χ3v) is 8.91. The molecule has 0 radical (unpaired) electrons. The SMILES string of the molecule is C[C@@H](NC1CCC(c2c(C3=CC=NC=C4CC43C)c(-c3ccc(Cl)cc3)nn2C)CC1)c1ccccc1. The molecule has 1 unspecified atom stereocenters. The highest BCUT2D eigenvalue weighted by molar-refractivity contribution is 6.30. The zero-order valence-electron chi connectivity index (χ0n) is 21.9. The molecule has 0 amide bonds. The number of aromatic nitrogens is 2. The lowest BCUT2D eigenvalue weighted by atomic mass is 9.78. The first-order valence-electron chi connectivity index (χ1n) is 13.5. The van der Waals surface area contributed by atoms with Crippen LogP contribution in [-0.4, -0.2) is 22.0 Å². The molecule has 4 nitrogen and oxygen atoms in total. The van der Waals surface area contributed by atoms with E-state index in [-0.39, 0.29) is 5.41 Å². The van der Waals surface area contributed by atoms with Crippen LogP contribution in [0, 0.1) is 5.41 Å². The van der Waals surface area contributed by atoms with Gasteiger partial charge in [-0.3, -0.25) is 9.67 Å². The van der Waals surface area contributed by atoms with Crippen LogP contribution in [0.5, 0.6) is 0 Å². The molecule has 2 saturated carbocycles. The van der Waals surface area contributed by atoms with Gasteiger partial charge in [0, 0.05) is 64.7 Å². The monoisotopic (exact) mass is 510 g/mol. The van der Waals surface area contributed by atoms with Crippen molar-refractivity contribution in [3.05, 3.63) is 94.3 Å². The number of aryl methyl sites for hydroxylation is 1. The van der Waals surface area contributed by atoms with Crippen LogP contribution in [0.4, 0.5) is 0 Å². The number of fused-ring (bicyclic) bond motifs is 1. The zero-order valence-corrected chi connectivity index (χ0v) is 22.7. The molecule has 1 aliphatic heterocycles. The fourth-order valence-electron chi connectivity index (χ4n) is 6.39. The molecule has 3 aromatic rings. The summed E-state index contributed by atoms with van der Waals surface area (Å²) in [6.07, 6.45) is 12.0. The zero-order chi connectivity index (χ0) is 25.6. The highest BCUT2D eigenvalue weighted by Crippen LogP contribution is 2.62. The summed E-state index contributed by atoms with van der Waals surface area (Å²) in [5, 5.41) is 9.78. The number of allylic oxidation sites excluding steroid dienone is 3. The van der Waals surface area contributed by atoms with E-state index in [1.807, 2.05) is 24.5 Å². The molecule has 1 aromatic heterocycles. The van der Waals surface area contributed by atoms with Gasteiger partial charge in [0.1, 0.15) is 5.69 Å². The van der Waals surface area contributed by atoms with Crippen LogP contribution in [0.2, 0.25) is 5.02 Å². The Bertz CT molecular complexity index is 1370. The van der Waals surface area contributed by atoms with E-state index in [0.717, 1.165) is 35.5 Å². The molecule has 190 valence electrons. The van der Waals surface area contributed by atoms with Crippen LogP contribution in [0.25, 0.3) is 16.8 Å². The first kappa shape index (κ1) is 24.4. The van der Waals surface area contributed by atoms with E-state index >= 15 is 0 Å². The number of nitrogens with one attached hydrogen (secondary N) is 1. The van der Waals surface area contributed by atoms with Crippen molar-refractivity contribution in [2.24, 2.45) is 17.5 Å². The minimum absolute atomic E-state index is 0.0410. The van der Waals surface area contributed by atoms with E-state index in [9.17, 15) is 0 Å². The van der Waals surface area contributed by atoms with Crippen molar-refractivity contribution in [1.29, 1.82) is 0 Å². The lowest BCUT2D eigenvalue weighted by molar-refractivity contribution is 0.315. The Labute approximate surface area is 225 Å². The molecule has 2 atom stereocenters. The molecular formula is C32H35ClN4. The van der Waals surface area contributed by atoms with E-state index in [1.54, 1.807) is 0 Å². The topological polar surface area (TPSA) is 42.2 Å². The third-order valence-electron chi connectivity index (χ3n) is 8.66. The minimum atomic E-state index is 0.0410. The summed E-state index contributed by atoms with van der Waals surface area (Å²) in [7, 11) is 2.12. The predicted molar refractivity (Wildman–Crippen MR) is 154 cm³/mol. The Morgan fingerprint density at radius 1 is 1.03 bits per heavy atom. The Morgan fingerprint density at radius 2 is 1.76 bits per heavy atom. The molecule has 2 aromatic carbocycles. The quantitative estimate of drug-likeness (QED) is 0.366. The number of aliphatic imine (C=N–C) groups is 1. The van der Waals surface area contributed by atoms with Crippen LogP contribution in [0.15, 0.2) is 77.4 Å². The summed E-state index contributed by atoms with van der Waals surface area (Å²) in [6, 6.07) is 19.8. The lowest BCUT2D eigenvalue weighted by Gasteiger charge is -2.32. The average molecular weight is 511 g/mol. The van der Waals surface area contributed by atoms with Crippen molar-refractivity contribution in [1.82, 2.24) is 15.1 Å². The van der Waals surface area contributed by atoms with Crippen molar-refractivity contribution in [2.45, 2.75) is 64.0 Å². The van der Waals surface area contributed by atoms with Gasteiger partial charge in [-0.25, -0.2) is 0 Å². The summed E-state index contributed by atoms with van der Waals surface area (Å²) >= 11 is 6.24. The summed E-state index contributed by atoms with van der Waals surface area (Å²) in [4.78, 5) is 4.52. The van der Waals surface area contributed by atoms with Crippen LogP contribution < -0.4 is 5.32 Å². The molecule has 2 aliphatic carbocycles. The van der Waals surface area contributed by atoms with Gasteiger partial charge in [-0.15, -0.1) is 0 Å². The van der Waals surface area contributed by atoms with Crippen molar-refractivity contribution >= 4 is 23.4 Å². The summed E-state index contributed by atoms with van der Waals surface area (Å²) in [5.74, 6) is 0.481. The minimum Gasteiger partial charge on any atom is -0.307 e. The number of hydrogen-bond donors (Lipinski definition) is 1. The second-order valence-electron chi connectivity index (χ2n) is 11.1. The standard InChI is InChI=1S/C32H35ClN4/c1-21(22-7-5-4-6-8-22)35-27-15-11-24(12-16-27)31-29(28-17-18-34-20-25-19-32(25,28)2)30(36-37(31)3)23-9-13-26(33)14-10-23/h4-10,13-14,17-18,20-21,24,27,35H,11-12,15-16,19H2,1-3H3/t21-,24?,27?,32?/m1/s1. The second kappa shape index (κ2) is 9.74. The Morgan fingerprint density at radius 3 is 2.49 bits per heavy atom. The fraction of sp³-hybridized carbons (Fsp3) is 0.375. The van der Waals surface area contributed by atoms with Crippen LogP contribution in [0.3, 0.4) is 0 Å². The van der Waals surface area contributed by atoms with E-state index in [1.165, 1.54) is 40.8 Å². The summed E-state index contributed by atoms with van der Waals surface area (Å²) in [6.45, 7) is 4.63. The molecule has 5 heteroatoms. The number of hydrogen-bond acceptors (Lipinski definition) is 3. The molecule has 3 aliphatic rings. The Kier molecular flexibility index (Phi) is 6.42. The van der Waals surface area contributed by atoms with Crippen LogP contribution in [0.1, 0.15) is 74.7 Å². The van der Waals surface area contributed by atoms with E-state index in [4.69, 9.17) is 16.7 Å². The smallest absolute Gasteiger partial charge is 0.100 e. The van der Waals surface area contributed by atoms with Gasteiger partial charge in [-0.05, 0) is 73.9 Å². The molecular weight excluding hydrogens is 476 g/mol. The molecule has 1 N–H and O–H groups in total. The first-order chi connectivity index (χ1) is 17.9. The molecule has 2 heterocycles. The van der Waals surface area contributed by atoms with Gasteiger partial charge in [0.25, 0.3) is 0 Å². The van der Waals surface area contributed by atoms with Crippen LogP contribution >= 0.6 is 11.6 Å². The highest BCUT2D eigenvalue weighted by atomic mass is 35.5. The number of benzene rings is 2. The molecule has 37 heavy (non-hydrogen) atoms. The van der Waals surface area contributed by atoms with Crippen molar-refractivity contribution in [3.63, 3.8) is 0 Å². The third kappa shape index (κ3) is 4.62. The molecule has 6 rings (SSSR count). The van der Waals surface area contributed by atoms with E-state index in [2.05, 4.69) is 84.4 Å². The van der Waals surface area contributed by atoms with Crippen molar-refractivity contribution in [3.8, 4) is 11.3 Å². The van der Waals surface area contributed by atoms with Gasteiger partial charge in [0.05, 0.1) is 0 Å². The van der Waals surface area contributed by atoms with Gasteiger partial charge < -0.3 is 5.32 Å². The Hall–Kier alpha value is -2.95. The summed E-state index contributed by atoms with van der Waals surface area (Å²) in [5.41, 5.74) is 9.00. The van der Waals surface area contributed by atoms with Gasteiger partial charge >= 0.3 is 0 Å². The number of nitrogens with zero attached hydrogens (tertiary/aromatic N) is 3. The molecule has 0 saturated heterocycles. The van der Waals surface area contributed by atoms with Gasteiger partial charge in [0.2, 0.25) is 0 Å². The maximum Gasteiger partial charge on any atom is 0.100 e.